The van der Waals surface area contributed by atoms with Crippen molar-refractivity contribution >= 4 is 11.8 Å². The SMILES string of the molecule is CC(C)NC(C)(C#N)CSC(C)C(C)O. The quantitative estimate of drug-likeness (QED) is 0.730. The first kappa shape index (κ1) is 14.8. The minimum atomic E-state index is -0.512. The van der Waals surface area contributed by atoms with Crippen molar-refractivity contribution in [2.75, 3.05) is 5.75 Å². The molecule has 0 fully saturated rings. The predicted molar refractivity (Wildman–Crippen MR) is 65.9 cm³/mol. The van der Waals surface area contributed by atoms with Gasteiger partial charge in [-0.15, -0.1) is 0 Å². The highest BCUT2D eigenvalue weighted by molar-refractivity contribution is 8.00. The Morgan fingerprint density at radius 1 is 1.40 bits per heavy atom. The molecule has 4 heteroatoms. The third-order valence-electron chi connectivity index (χ3n) is 2.17. The lowest BCUT2D eigenvalue weighted by Crippen LogP contribution is -2.47. The molecule has 0 aliphatic rings. The minimum absolute atomic E-state index is 0.159. The van der Waals surface area contributed by atoms with E-state index in [0.717, 1.165) is 0 Å². The summed E-state index contributed by atoms with van der Waals surface area (Å²) in [7, 11) is 0. The van der Waals surface area contributed by atoms with Crippen LogP contribution in [0.5, 0.6) is 0 Å². The second-order valence-electron chi connectivity index (χ2n) is 4.50. The molecule has 0 bridgehead atoms. The summed E-state index contributed by atoms with van der Waals surface area (Å²) in [5.74, 6) is 0.688. The number of rotatable bonds is 6. The van der Waals surface area contributed by atoms with Crippen molar-refractivity contribution in [2.24, 2.45) is 0 Å². The molecule has 0 spiro atoms. The van der Waals surface area contributed by atoms with Crippen molar-refractivity contribution < 1.29 is 5.11 Å². The van der Waals surface area contributed by atoms with Gasteiger partial charge in [0.2, 0.25) is 0 Å². The Kier molecular flexibility index (Phi) is 6.26. The molecule has 3 atom stereocenters. The highest BCUT2D eigenvalue weighted by atomic mass is 32.2. The van der Waals surface area contributed by atoms with Crippen LogP contribution < -0.4 is 5.32 Å². The van der Waals surface area contributed by atoms with Gasteiger partial charge in [0.05, 0.1) is 12.2 Å². The van der Waals surface area contributed by atoms with Gasteiger partial charge in [0.1, 0.15) is 5.54 Å². The van der Waals surface area contributed by atoms with Crippen LogP contribution in [0.3, 0.4) is 0 Å². The fourth-order valence-corrected chi connectivity index (χ4v) is 2.20. The molecule has 0 amide bonds. The topological polar surface area (TPSA) is 56.0 Å². The molecule has 0 aliphatic carbocycles. The van der Waals surface area contributed by atoms with Crippen molar-refractivity contribution in [3.63, 3.8) is 0 Å². The van der Waals surface area contributed by atoms with Gasteiger partial charge in [0.15, 0.2) is 0 Å². The highest BCUT2D eigenvalue weighted by Crippen LogP contribution is 2.20. The van der Waals surface area contributed by atoms with Crippen LogP contribution in [-0.2, 0) is 0 Å². The van der Waals surface area contributed by atoms with Gasteiger partial charge in [0, 0.05) is 17.0 Å². The second kappa shape index (κ2) is 6.37. The molecule has 88 valence electrons. The van der Waals surface area contributed by atoms with E-state index in [-0.39, 0.29) is 17.4 Å². The van der Waals surface area contributed by atoms with E-state index in [1.807, 2.05) is 27.7 Å². The lowest BCUT2D eigenvalue weighted by atomic mass is 10.1. The van der Waals surface area contributed by atoms with E-state index in [1.54, 1.807) is 18.7 Å². The van der Waals surface area contributed by atoms with Gasteiger partial charge in [-0.3, -0.25) is 5.32 Å². The Bertz CT molecular complexity index is 225. The molecule has 0 saturated carbocycles. The second-order valence-corrected chi connectivity index (χ2v) is 5.87. The minimum Gasteiger partial charge on any atom is -0.392 e. The van der Waals surface area contributed by atoms with E-state index in [1.165, 1.54) is 0 Å². The van der Waals surface area contributed by atoms with E-state index in [4.69, 9.17) is 5.26 Å². The van der Waals surface area contributed by atoms with Crippen LogP contribution in [0, 0.1) is 11.3 Å². The Balaban J connectivity index is 4.16. The first-order valence-electron chi connectivity index (χ1n) is 5.29. The molecule has 0 rings (SSSR count). The lowest BCUT2D eigenvalue weighted by molar-refractivity contribution is 0.196. The summed E-state index contributed by atoms with van der Waals surface area (Å²) in [4.78, 5) is 0. The first-order valence-corrected chi connectivity index (χ1v) is 6.34. The number of nitrogens with one attached hydrogen (secondary N) is 1. The maximum absolute atomic E-state index is 9.35. The number of nitrogens with zero attached hydrogens (tertiary/aromatic N) is 1. The molecule has 0 aromatic rings. The number of aliphatic hydroxyl groups is 1. The van der Waals surface area contributed by atoms with Gasteiger partial charge in [-0.2, -0.15) is 17.0 Å². The molecule has 15 heavy (non-hydrogen) atoms. The Morgan fingerprint density at radius 2 is 1.93 bits per heavy atom. The van der Waals surface area contributed by atoms with E-state index >= 15 is 0 Å². The summed E-state index contributed by atoms with van der Waals surface area (Å²) < 4.78 is 0. The first-order chi connectivity index (χ1) is 6.80. The Morgan fingerprint density at radius 3 is 2.27 bits per heavy atom. The van der Waals surface area contributed by atoms with Gasteiger partial charge >= 0.3 is 0 Å². The van der Waals surface area contributed by atoms with Crippen LogP contribution >= 0.6 is 11.8 Å². The van der Waals surface area contributed by atoms with Crippen LogP contribution in [0.1, 0.15) is 34.6 Å². The van der Waals surface area contributed by atoms with E-state index in [2.05, 4.69) is 11.4 Å². The van der Waals surface area contributed by atoms with Crippen LogP contribution in [0.2, 0.25) is 0 Å². The number of aliphatic hydroxyl groups excluding tert-OH is 1. The van der Waals surface area contributed by atoms with Gasteiger partial charge in [0.25, 0.3) is 0 Å². The number of hydrogen-bond acceptors (Lipinski definition) is 4. The van der Waals surface area contributed by atoms with Crippen LogP contribution in [-0.4, -0.2) is 33.8 Å². The Labute approximate surface area is 97.2 Å². The molecule has 2 N–H and O–H groups in total. The summed E-state index contributed by atoms with van der Waals surface area (Å²) in [5.41, 5.74) is -0.512. The van der Waals surface area contributed by atoms with Gasteiger partial charge in [-0.25, -0.2) is 0 Å². The maximum Gasteiger partial charge on any atom is 0.113 e. The molecular formula is C11H22N2OS. The molecule has 0 aromatic carbocycles. The summed E-state index contributed by atoms with van der Waals surface area (Å²) in [6, 6.07) is 2.58. The standard InChI is InChI=1S/C11H22N2OS/c1-8(2)13-11(5,6-12)7-15-10(4)9(3)14/h8-10,13-14H,7H2,1-5H3. The predicted octanol–water partition coefficient (Wildman–Crippen LogP) is 1.77. The summed E-state index contributed by atoms with van der Waals surface area (Å²) in [6.45, 7) is 9.70. The summed E-state index contributed by atoms with van der Waals surface area (Å²) in [5, 5.41) is 21.8. The largest absolute Gasteiger partial charge is 0.392 e. The molecule has 0 radical (unpaired) electrons. The zero-order valence-corrected chi connectivity index (χ0v) is 11.1. The monoisotopic (exact) mass is 230 g/mol. The number of nitriles is 1. The average molecular weight is 230 g/mol. The van der Waals surface area contributed by atoms with Crippen molar-refractivity contribution in [3.8, 4) is 6.07 Å². The third kappa shape index (κ3) is 6.03. The normalized spacial score (nSPS) is 19.3. The smallest absolute Gasteiger partial charge is 0.113 e. The zero-order chi connectivity index (χ0) is 12.1. The fourth-order valence-electron chi connectivity index (χ4n) is 1.18. The average Bonchev–Trinajstić information content (AvgIpc) is 2.13. The Hall–Kier alpha value is -0.240. The van der Waals surface area contributed by atoms with Gasteiger partial charge < -0.3 is 5.11 Å². The zero-order valence-electron chi connectivity index (χ0n) is 10.2. The maximum atomic E-state index is 9.35. The molecule has 3 unspecified atom stereocenters. The lowest BCUT2D eigenvalue weighted by Gasteiger charge is -2.27. The number of hydrogen-bond donors (Lipinski definition) is 2. The summed E-state index contributed by atoms with van der Waals surface area (Å²) >= 11 is 1.62. The van der Waals surface area contributed by atoms with E-state index < -0.39 is 5.54 Å². The molecular weight excluding hydrogens is 208 g/mol. The third-order valence-corrected chi connectivity index (χ3v) is 3.83. The molecule has 3 nitrogen and oxygen atoms in total. The van der Waals surface area contributed by atoms with Crippen molar-refractivity contribution in [3.05, 3.63) is 0 Å². The fraction of sp³-hybridized carbons (Fsp3) is 0.909. The molecule has 0 saturated heterocycles. The molecule has 0 heterocycles. The van der Waals surface area contributed by atoms with Crippen molar-refractivity contribution in [1.82, 2.24) is 5.32 Å². The van der Waals surface area contributed by atoms with Crippen molar-refractivity contribution in [1.29, 1.82) is 5.26 Å². The van der Waals surface area contributed by atoms with Crippen LogP contribution in [0.4, 0.5) is 0 Å². The van der Waals surface area contributed by atoms with Gasteiger partial charge in [-0.1, -0.05) is 6.92 Å². The highest BCUT2D eigenvalue weighted by Gasteiger charge is 2.26. The van der Waals surface area contributed by atoms with Gasteiger partial charge in [-0.05, 0) is 27.7 Å². The molecule has 0 aromatic heterocycles. The molecule has 0 aliphatic heterocycles. The van der Waals surface area contributed by atoms with Crippen molar-refractivity contribution in [2.45, 2.75) is 57.6 Å². The van der Waals surface area contributed by atoms with E-state index in [9.17, 15) is 5.11 Å². The van der Waals surface area contributed by atoms with E-state index in [0.29, 0.717) is 5.75 Å². The summed E-state index contributed by atoms with van der Waals surface area (Å²) in [6.07, 6.45) is -0.336. The van der Waals surface area contributed by atoms with Crippen LogP contribution in [0.25, 0.3) is 0 Å². The number of thioether (sulfide) groups is 1. The van der Waals surface area contributed by atoms with Crippen LogP contribution in [0.15, 0.2) is 0 Å².